The molecule has 0 bridgehead atoms. The lowest BCUT2D eigenvalue weighted by Crippen LogP contribution is -2.69. The summed E-state index contributed by atoms with van der Waals surface area (Å²) in [7, 11) is 1.41. The van der Waals surface area contributed by atoms with Gasteiger partial charge in [-0.15, -0.1) is 0 Å². The van der Waals surface area contributed by atoms with Crippen LogP contribution in [0.2, 0.25) is 5.02 Å². The van der Waals surface area contributed by atoms with E-state index in [4.69, 9.17) is 21.1 Å². The highest BCUT2D eigenvalue weighted by Crippen LogP contribution is 2.58. The van der Waals surface area contributed by atoms with Crippen LogP contribution in [0.1, 0.15) is 28.7 Å². The van der Waals surface area contributed by atoms with Gasteiger partial charge in [0.15, 0.2) is 6.04 Å². The molecule has 10 nitrogen and oxygen atoms in total. The molecule has 0 spiro atoms. The van der Waals surface area contributed by atoms with Crippen LogP contribution in [0.25, 0.3) is 0 Å². The number of amides is 2. The normalized spacial score (nSPS) is 25.0. The van der Waals surface area contributed by atoms with Gasteiger partial charge in [-0.25, -0.2) is 8.42 Å². The number of nitrogens with zero attached hydrogens (tertiary/aromatic N) is 2. The minimum Gasteiger partial charge on any atom is -0.496 e. The number of quaternary nitrogens is 1. The van der Waals surface area contributed by atoms with Gasteiger partial charge in [0.1, 0.15) is 29.0 Å². The molecule has 2 aliphatic rings. The third-order valence-electron chi connectivity index (χ3n) is 8.73. The summed E-state index contributed by atoms with van der Waals surface area (Å²) >= 11 is 6.58. The topological polar surface area (TPSA) is 122 Å². The third kappa shape index (κ3) is 4.40. The largest absolute Gasteiger partial charge is 0.496 e. The van der Waals surface area contributed by atoms with Crippen LogP contribution in [0.15, 0.2) is 59.5 Å². The number of nitrogens with one attached hydrogen (secondary N) is 1. The molecule has 1 fully saturated rings. The molecule has 1 saturated heterocycles. The molecule has 2 aliphatic heterocycles. The number of halogens is 1. The van der Waals surface area contributed by atoms with Crippen molar-refractivity contribution >= 4 is 39.1 Å². The molecule has 3 aromatic rings. The van der Waals surface area contributed by atoms with E-state index in [1.165, 1.54) is 39.5 Å². The van der Waals surface area contributed by atoms with Gasteiger partial charge >= 0.3 is 5.91 Å². The van der Waals surface area contributed by atoms with Crippen LogP contribution in [0.3, 0.4) is 0 Å². The van der Waals surface area contributed by atoms with Crippen LogP contribution in [0.4, 0.5) is 5.69 Å². The lowest BCUT2D eigenvalue weighted by molar-refractivity contribution is -0.953. The van der Waals surface area contributed by atoms with E-state index in [1.807, 2.05) is 13.0 Å². The first-order valence-electron chi connectivity index (χ1n) is 13.7. The zero-order chi connectivity index (χ0) is 31.5. The van der Waals surface area contributed by atoms with E-state index in [9.17, 15) is 18.3 Å². The van der Waals surface area contributed by atoms with E-state index in [-0.39, 0.29) is 44.4 Å². The molecule has 0 aliphatic carbocycles. The van der Waals surface area contributed by atoms with Crippen LogP contribution in [-0.2, 0) is 25.2 Å². The molecule has 3 aromatic carbocycles. The molecule has 2 unspecified atom stereocenters. The van der Waals surface area contributed by atoms with Crippen LogP contribution >= 0.6 is 11.6 Å². The number of hydrogen-bond donors (Lipinski definition) is 2. The highest BCUT2D eigenvalue weighted by Gasteiger charge is 2.72. The van der Waals surface area contributed by atoms with Gasteiger partial charge in [-0.05, 0) is 61.9 Å². The smallest absolute Gasteiger partial charge is 0.312 e. The minimum absolute atomic E-state index is 0.0331. The lowest BCUT2D eigenvalue weighted by atomic mass is 9.78. The van der Waals surface area contributed by atoms with Crippen LogP contribution in [-0.4, -0.2) is 76.8 Å². The summed E-state index contributed by atoms with van der Waals surface area (Å²) in [6.45, 7) is 3.61. The summed E-state index contributed by atoms with van der Waals surface area (Å²) in [4.78, 5) is 28.7. The molecule has 0 radical (unpaired) electrons. The number of aliphatic hydroxyl groups is 1. The van der Waals surface area contributed by atoms with Gasteiger partial charge in [-0.1, -0.05) is 29.3 Å². The zero-order valence-electron chi connectivity index (χ0n) is 24.8. The van der Waals surface area contributed by atoms with Gasteiger partial charge in [-0.2, -0.15) is 4.31 Å². The van der Waals surface area contributed by atoms with E-state index < -0.39 is 39.5 Å². The average molecular weight is 629 g/mol. The molecular formula is C31H35ClN3O7S+. The van der Waals surface area contributed by atoms with Crippen LogP contribution in [0, 0.1) is 13.8 Å². The Morgan fingerprint density at radius 2 is 1.67 bits per heavy atom. The predicted molar refractivity (Wildman–Crippen MR) is 162 cm³/mol. The molecular weight excluding hydrogens is 594 g/mol. The first-order valence-corrected chi connectivity index (χ1v) is 15.5. The zero-order valence-corrected chi connectivity index (χ0v) is 26.4. The van der Waals surface area contributed by atoms with Gasteiger partial charge < -0.3 is 19.9 Å². The Morgan fingerprint density at radius 3 is 2.33 bits per heavy atom. The molecule has 5 rings (SSSR count). The maximum absolute atomic E-state index is 15.4. The highest BCUT2D eigenvalue weighted by molar-refractivity contribution is 7.93. The van der Waals surface area contributed by atoms with Crippen molar-refractivity contribution in [2.75, 3.05) is 39.2 Å². The van der Waals surface area contributed by atoms with Crippen molar-refractivity contribution in [3.63, 3.8) is 0 Å². The minimum atomic E-state index is -4.59. The summed E-state index contributed by atoms with van der Waals surface area (Å²) in [5, 5.41) is 14.0. The number of fused-ring (bicyclic) bond motifs is 1. The fourth-order valence-electron chi connectivity index (χ4n) is 6.84. The number of methoxy groups -OCH3 is 2. The number of hydrogen-bond acceptors (Lipinski definition) is 7. The van der Waals surface area contributed by atoms with Gasteiger partial charge in [0, 0.05) is 18.5 Å². The Bertz CT molecular complexity index is 1750. The number of anilines is 1. The van der Waals surface area contributed by atoms with Crippen molar-refractivity contribution in [1.82, 2.24) is 5.32 Å². The Hall–Kier alpha value is -3.64. The molecule has 4 atom stereocenters. The number of aliphatic hydroxyl groups excluding tert-OH is 1. The average Bonchev–Trinajstić information content (AvgIpc) is 3.42. The number of likely N-dealkylation sites (tertiary alicyclic amines) is 1. The predicted octanol–water partition coefficient (Wildman–Crippen LogP) is 3.28. The second-order valence-corrected chi connectivity index (χ2v) is 13.5. The quantitative estimate of drug-likeness (QED) is 0.385. The third-order valence-corrected chi connectivity index (χ3v) is 10.7. The SMILES string of the molecule is CNC(=O)[C@@H]1C[C@@H](O)C[N+]1(C)C1(c2cc(C)ccc2OC)C(=O)N(S(=O)(=O)c2ccc(C)cc2OC)c2ccc(Cl)cc21. The summed E-state index contributed by atoms with van der Waals surface area (Å²) < 4.78 is 40.9. The highest BCUT2D eigenvalue weighted by atomic mass is 35.5. The number of carbonyl (C=O) groups is 2. The summed E-state index contributed by atoms with van der Waals surface area (Å²) in [6, 6.07) is 13.5. The van der Waals surface area contributed by atoms with Gasteiger partial charge in [0.25, 0.3) is 15.9 Å². The number of likely N-dealkylation sites (N-methyl/N-ethyl adjacent to an activating group) is 2. The van der Waals surface area contributed by atoms with Crippen molar-refractivity contribution < 1.29 is 37.1 Å². The van der Waals surface area contributed by atoms with Gasteiger partial charge in [0.2, 0.25) is 5.54 Å². The summed E-state index contributed by atoms with van der Waals surface area (Å²) in [5.74, 6) is -0.840. The molecule has 0 saturated carbocycles. The van der Waals surface area contributed by atoms with Crippen molar-refractivity contribution in [3.05, 3.63) is 81.9 Å². The number of sulfonamides is 1. The second-order valence-electron chi connectivity index (χ2n) is 11.3. The maximum atomic E-state index is 15.4. The second kappa shape index (κ2) is 10.8. The van der Waals surface area contributed by atoms with Crippen molar-refractivity contribution in [1.29, 1.82) is 0 Å². The first kappa shape index (κ1) is 30.8. The summed E-state index contributed by atoms with van der Waals surface area (Å²) in [5.41, 5.74) is 0.369. The van der Waals surface area contributed by atoms with E-state index in [0.29, 0.717) is 11.3 Å². The number of aryl methyl sites for hydroxylation is 2. The van der Waals surface area contributed by atoms with Gasteiger partial charge in [-0.3, -0.25) is 14.1 Å². The Kier molecular flexibility index (Phi) is 7.75. The molecule has 0 aromatic heterocycles. The molecule has 12 heteroatoms. The number of benzene rings is 3. The van der Waals surface area contributed by atoms with Crippen molar-refractivity contribution in [3.8, 4) is 11.5 Å². The molecule has 2 heterocycles. The molecule has 2 amide bonds. The molecule has 228 valence electrons. The van der Waals surface area contributed by atoms with E-state index in [0.717, 1.165) is 15.4 Å². The van der Waals surface area contributed by atoms with Crippen LogP contribution < -0.4 is 19.1 Å². The standard InChI is InChI=1S/C31H34ClN3O7S/c1-18-7-11-26(41-5)23(13-18)31(35(4)17-21(36)16-25(35)29(37)33-3)22-15-20(32)9-10-24(22)34(30(31)38)43(39,40)28-12-8-19(2)14-27(28)42-6/h7-15,21,25,36H,16-17H2,1-6H3/p+1/t21-,25+,31?,35?/m1/s1. The monoisotopic (exact) mass is 628 g/mol. The fourth-order valence-corrected chi connectivity index (χ4v) is 8.61. The Morgan fingerprint density at radius 1 is 1.02 bits per heavy atom. The Balaban J connectivity index is 1.94. The molecule has 2 N–H and O–H groups in total. The van der Waals surface area contributed by atoms with Crippen molar-refractivity contribution in [2.45, 2.75) is 42.8 Å². The maximum Gasteiger partial charge on any atom is 0.312 e. The lowest BCUT2D eigenvalue weighted by Gasteiger charge is -2.48. The number of ether oxygens (including phenoxy) is 2. The fraction of sp³-hybridized carbons (Fsp3) is 0.355. The first-order chi connectivity index (χ1) is 20.3. The molecule has 43 heavy (non-hydrogen) atoms. The number of rotatable bonds is 7. The van der Waals surface area contributed by atoms with E-state index in [1.54, 1.807) is 44.3 Å². The Labute approximate surface area is 256 Å². The van der Waals surface area contributed by atoms with Gasteiger partial charge in [0.05, 0.1) is 38.1 Å². The van der Waals surface area contributed by atoms with E-state index >= 15 is 4.79 Å². The summed E-state index contributed by atoms with van der Waals surface area (Å²) in [6.07, 6.45) is -0.911. The van der Waals surface area contributed by atoms with Crippen molar-refractivity contribution in [2.24, 2.45) is 0 Å². The van der Waals surface area contributed by atoms with E-state index in [2.05, 4.69) is 5.32 Å². The van der Waals surface area contributed by atoms with Crippen LogP contribution in [0.5, 0.6) is 11.5 Å². The number of carbonyl (C=O) groups excluding carboxylic acids is 2.